The van der Waals surface area contributed by atoms with Crippen LogP contribution in [0.4, 0.5) is 5.82 Å². The number of amides is 1. The number of rotatable bonds is 6. The Morgan fingerprint density at radius 2 is 1.75 bits per heavy atom. The Hall–Kier alpha value is -2.93. The Balaban J connectivity index is 1.27. The highest BCUT2D eigenvalue weighted by molar-refractivity contribution is 6.02. The molecular formula is C25H33N5O2. The van der Waals surface area contributed by atoms with Crippen molar-refractivity contribution in [3.63, 3.8) is 0 Å². The van der Waals surface area contributed by atoms with Gasteiger partial charge in [0.05, 0.1) is 5.71 Å². The first kappa shape index (κ1) is 22.3. The van der Waals surface area contributed by atoms with Gasteiger partial charge in [0.2, 0.25) is 5.91 Å². The van der Waals surface area contributed by atoms with Crippen molar-refractivity contribution in [2.45, 2.75) is 32.2 Å². The van der Waals surface area contributed by atoms with Crippen molar-refractivity contribution in [1.82, 2.24) is 14.8 Å². The van der Waals surface area contributed by atoms with E-state index in [2.05, 4.69) is 32.1 Å². The van der Waals surface area contributed by atoms with Gasteiger partial charge in [-0.05, 0) is 62.0 Å². The summed E-state index contributed by atoms with van der Waals surface area (Å²) in [5, 5.41) is 4.32. The molecule has 2 aliphatic rings. The van der Waals surface area contributed by atoms with E-state index in [1.54, 1.807) is 13.3 Å². The van der Waals surface area contributed by atoms with Crippen LogP contribution in [-0.4, -0.2) is 59.7 Å². The summed E-state index contributed by atoms with van der Waals surface area (Å²) in [6, 6.07) is 14.1. The molecule has 2 N–H and O–H groups in total. The van der Waals surface area contributed by atoms with Gasteiger partial charge in [0.15, 0.2) is 0 Å². The molecular weight excluding hydrogens is 402 g/mol. The molecule has 2 fully saturated rings. The monoisotopic (exact) mass is 435 g/mol. The van der Waals surface area contributed by atoms with E-state index in [4.69, 9.17) is 10.6 Å². The summed E-state index contributed by atoms with van der Waals surface area (Å²) >= 11 is 0. The molecule has 1 amide bonds. The number of carbonyl (C=O) groups is 1. The van der Waals surface area contributed by atoms with Crippen molar-refractivity contribution >= 4 is 17.4 Å². The second-order valence-electron chi connectivity index (χ2n) is 8.76. The minimum absolute atomic E-state index is 0.131. The number of anilines is 1. The van der Waals surface area contributed by atoms with Crippen molar-refractivity contribution in [2.75, 3.05) is 39.0 Å². The predicted octanol–water partition coefficient (Wildman–Crippen LogP) is 3.17. The zero-order valence-electron chi connectivity index (χ0n) is 18.8. The first-order chi connectivity index (χ1) is 15.6. The van der Waals surface area contributed by atoms with E-state index in [0.717, 1.165) is 69.7 Å². The summed E-state index contributed by atoms with van der Waals surface area (Å²) in [4.78, 5) is 26.8. The van der Waals surface area contributed by atoms with Crippen molar-refractivity contribution < 1.29 is 9.63 Å². The Bertz CT molecular complexity index is 917. The highest BCUT2D eigenvalue weighted by atomic mass is 16.6. The molecule has 1 aromatic carbocycles. The van der Waals surface area contributed by atoms with Crippen LogP contribution in [0.2, 0.25) is 0 Å². The lowest BCUT2D eigenvalue weighted by Gasteiger charge is -2.37. The van der Waals surface area contributed by atoms with Crippen LogP contribution in [0, 0.1) is 11.8 Å². The van der Waals surface area contributed by atoms with Crippen LogP contribution >= 0.6 is 0 Å². The number of piperidine rings is 2. The number of aromatic nitrogens is 1. The second-order valence-corrected chi connectivity index (χ2v) is 8.76. The molecule has 0 atom stereocenters. The van der Waals surface area contributed by atoms with Crippen LogP contribution in [0.25, 0.3) is 0 Å². The van der Waals surface area contributed by atoms with Crippen molar-refractivity contribution in [3.05, 3.63) is 59.8 Å². The van der Waals surface area contributed by atoms with Crippen molar-refractivity contribution in [2.24, 2.45) is 17.0 Å². The number of oxime groups is 1. The van der Waals surface area contributed by atoms with Crippen molar-refractivity contribution in [3.8, 4) is 0 Å². The van der Waals surface area contributed by atoms with Gasteiger partial charge >= 0.3 is 0 Å². The zero-order valence-corrected chi connectivity index (χ0v) is 18.8. The minimum Gasteiger partial charge on any atom is -0.399 e. The van der Waals surface area contributed by atoms with E-state index < -0.39 is 0 Å². The molecule has 2 aliphatic heterocycles. The summed E-state index contributed by atoms with van der Waals surface area (Å²) in [5.74, 6) is 1.32. The van der Waals surface area contributed by atoms with Gasteiger partial charge in [-0.1, -0.05) is 35.5 Å². The maximum Gasteiger partial charge on any atom is 0.225 e. The normalized spacial score (nSPS) is 19.2. The third kappa shape index (κ3) is 5.46. The van der Waals surface area contributed by atoms with Crippen LogP contribution in [0.5, 0.6) is 0 Å². The van der Waals surface area contributed by atoms with Gasteiger partial charge in [-0.15, -0.1) is 0 Å². The molecule has 7 nitrogen and oxygen atoms in total. The van der Waals surface area contributed by atoms with Crippen LogP contribution in [-0.2, 0) is 16.2 Å². The Kier molecular flexibility index (Phi) is 7.37. The van der Waals surface area contributed by atoms with E-state index >= 15 is 0 Å². The Morgan fingerprint density at radius 1 is 1.06 bits per heavy atom. The number of pyridine rings is 1. The maximum atomic E-state index is 13.2. The molecule has 170 valence electrons. The van der Waals surface area contributed by atoms with E-state index in [1.807, 2.05) is 30.3 Å². The number of likely N-dealkylation sites (tertiary alicyclic amines) is 2. The van der Waals surface area contributed by atoms with Gasteiger partial charge in [0, 0.05) is 37.7 Å². The summed E-state index contributed by atoms with van der Waals surface area (Å²) in [7, 11) is 1.59. The number of nitrogen functional groups attached to an aromatic ring is 1. The third-order valence-electron chi connectivity index (χ3n) is 6.64. The summed E-state index contributed by atoms with van der Waals surface area (Å²) in [6.45, 7) is 4.31. The average Bonchev–Trinajstić information content (AvgIpc) is 2.83. The van der Waals surface area contributed by atoms with E-state index in [0.29, 0.717) is 17.6 Å². The summed E-state index contributed by atoms with van der Waals surface area (Å²) < 4.78 is 0. The van der Waals surface area contributed by atoms with Gasteiger partial charge < -0.3 is 15.5 Å². The molecule has 4 rings (SSSR count). The molecule has 2 saturated heterocycles. The number of nitrogens with zero attached hydrogens (tertiary/aromatic N) is 4. The van der Waals surface area contributed by atoms with Crippen LogP contribution in [0.15, 0.2) is 53.8 Å². The number of benzene rings is 1. The maximum absolute atomic E-state index is 13.2. The predicted molar refractivity (Wildman–Crippen MR) is 126 cm³/mol. The number of carbonyl (C=O) groups excluding carboxylic acids is 1. The lowest BCUT2D eigenvalue weighted by molar-refractivity contribution is -0.138. The third-order valence-corrected chi connectivity index (χ3v) is 6.64. The number of nitrogens with two attached hydrogens (primary N) is 1. The van der Waals surface area contributed by atoms with Gasteiger partial charge in [-0.2, -0.15) is 0 Å². The quantitative estimate of drug-likeness (QED) is 0.557. The largest absolute Gasteiger partial charge is 0.399 e. The van der Waals surface area contributed by atoms with Gasteiger partial charge in [0.25, 0.3) is 0 Å². The van der Waals surface area contributed by atoms with Gasteiger partial charge in [0.1, 0.15) is 12.9 Å². The van der Waals surface area contributed by atoms with E-state index in [-0.39, 0.29) is 5.92 Å². The fourth-order valence-corrected chi connectivity index (χ4v) is 4.89. The van der Waals surface area contributed by atoms with Crippen molar-refractivity contribution in [1.29, 1.82) is 0 Å². The van der Waals surface area contributed by atoms with E-state index in [1.165, 1.54) is 5.56 Å². The molecule has 0 spiro atoms. The molecule has 0 radical (unpaired) electrons. The molecule has 32 heavy (non-hydrogen) atoms. The van der Waals surface area contributed by atoms with Crippen LogP contribution in [0.3, 0.4) is 0 Å². The molecule has 0 unspecified atom stereocenters. The smallest absolute Gasteiger partial charge is 0.225 e. The molecule has 0 aliphatic carbocycles. The second kappa shape index (κ2) is 10.6. The fourth-order valence-electron chi connectivity index (χ4n) is 4.89. The van der Waals surface area contributed by atoms with Gasteiger partial charge in [-0.25, -0.2) is 4.98 Å². The Morgan fingerprint density at radius 3 is 2.41 bits per heavy atom. The highest BCUT2D eigenvalue weighted by Gasteiger charge is 2.32. The number of hydrogen-bond acceptors (Lipinski definition) is 6. The van der Waals surface area contributed by atoms with Crippen LogP contribution < -0.4 is 5.73 Å². The standard InChI is InChI=1S/C25H33N5O2/c1-32-28-24(20-5-3-2-4-6-20)21-10-15-30(16-11-21)25(31)22-8-13-29(14-9-22)18-19-7-12-27-23(26)17-19/h2-7,12,17,21-22H,8-11,13-16,18H2,1H3,(H2,26,27). The SMILES string of the molecule is CON=C(c1ccccc1)C1CCN(C(=O)C2CCN(Cc3ccnc(N)c3)CC2)CC1. The highest BCUT2D eigenvalue weighted by Crippen LogP contribution is 2.27. The molecule has 1 aromatic heterocycles. The average molecular weight is 436 g/mol. The molecule has 0 saturated carbocycles. The summed E-state index contributed by atoms with van der Waals surface area (Å²) in [6.07, 6.45) is 5.43. The first-order valence-electron chi connectivity index (χ1n) is 11.5. The zero-order chi connectivity index (χ0) is 22.3. The van der Waals surface area contributed by atoms with Gasteiger partial charge in [-0.3, -0.25) is 9.69 Å². The summed E-state index contributed by atoms with van der Waals surface area (Å²) in [5.41, 5.74) is 9.06. The first-order valence-corrected chi connectivity index (χ1v) is 11.5. The lowest BCUT2D eigenvalue weighted by Crippen LogP contribution is -2.46. The lowest BCUT2D eigenvalue weighted by atomic mass is 9.87. The number of hydrogen-bond donors (Lipinski definition) is 1. The van der Waals surface area contributed by atoms with Crippen LogP contribution in [0.1, 0.15) is 36.8 Å². The molecule has 2 aromatic rings. The molecule has 7 heteroatoms. The minimum atomic E-state index is 0.131. The Labute approximate surface area is 190 Å². The molecule has 3 heterocycles. The molecule has 0 bridgehead atoms. The topological polar surface area (TPSA) is 84.0 Å². The van der Waals surface area contributed by atoms with E-state index in [9.17, 15) is 4.79 Å². The fraction of sp³-hybridized carbons (Fsp3) is 0.480.